The number of rotatable bonds is 1. The van der Waals surface area contributed by atoms with Gasteiger partial charge in [-0.2, -0.15) is 0 Å². The van der Waals surface area contributed by atoms with E-state index in [-0.39, 0.29) is 11.1 Å². The van der Waals surface area contributed by atoms with Gasteiger partial charge in [0.05, 0.1) is 6.33 Å². The van der Waals surface area contributed by atoms with Crippen LogP contribution in [0.2, 0.25) is 0 Å². The largest absolute Gasteiger partial charge is 0.472 e. The molecule has 0 spiro atoms. The quantitative estimate of drug-likeness (QED) is 0.719. The normalized spacial score (nSPS) is 24.2. The number of imidazole rings is 1. The zero-order valence-electron chi connectivity index (χ0n) is 8.83. The molecule has 0 radical (unpaired) electrons. The summed E-state index contributed by atoms with van der Waals surface area (Å²) in [6.45, 7) is 3.60. The van der Waals surface area contributed by atoms with Crippen molar-refractivity contribution in [3.63, 3.8) is 0 Å². The topological polar surface area (TPSA) is 93.0 Å². The summed E-state index contributed by atoms with van der Waals surface area (Å²) in [4.78, 5) is 21.9. The van der Waals surface area contributed by atoms with E-state index in [0.717, 1.165) is 0 Å². The van der Waals surface area contributed by atoms with E-state index in [2.05, 4.69) is 21.5 Å². The maximum Gasteiger partial charge on any atom is 0.278 e. The van der Waals surface area contributed by atoms with Crippen LogP contribution >= 0.6 is 0 Å². The first-order valence-corrected chi connectivity index (χ1v) is 5.10. The van der Waals surface area contributed by atoms with Gasteiger partial charge in [-0.05, 0) is 0 Å². The van der Waals surface area contributed by atoms with E-state index >= 15 is 0 Å². The minimum atomic E-state index is -0.695. The molecule has 7 nitrogen and oxygen atoms in total. The number of aromatic amines is 1. The maximum atomic E-state index is 11.5. The van der Waals surface area contributed by atoms with Crippen LogP contribution in [-0.2, 0) is 4.74 Å². The van der Waals surface area contributed by atoms with E-state index in [1.165, 1.54) is 12.7 Å². The van der Waals surface area contributed by atoms with Crippen LogP contribution in [0.15, 0.2) is 29.8 Å². The molecule has 3 heterocycles. The van der Waals surface area contributed by atoms with Gasteiger partial charge in [-0.3, -0.25) is 9.36 Å². The first-order valence-electron chi connectivity index (χ1n) is 5.10. The van der Waals surface area contributed by atoms with Crippen LogP contribution in [-0.4, -0.2) is 30.7 Å². The van der Waals surface area contributed by atoms with Crippen LogP contribution in [0.25, 0.3) is 11.2 Å². The molecule has 1 aliphatic heterocycles. The molecule has 2 aromatic heterocycles. The predicted molar refractivity (Wildman–Crippen MR) is 58.0 cm³/mol. The summed E-state index contributed by atoms with van der Waals surface area (Å²) in [5, 5.41) is 9.55. The van der Waals surface area contributed by atoms with Gasteiger partial charge in [0.2, 0.25) is 0 Å². The van der Waals surface area contributed by atoms with Crippen LogP contribution in [0.3, 0.4) is 0 Å². The van der Waals surface area contributed by atoms with Crippen LogP contribution in [0.1, 0.15) is 12.6 Å². The molecule has 0 saturated carbocycles. The van der Waals surface area contributed by atoms with E-state index in [4.69, 9.17) is 4.74 Å². The molecule has 88 valence electrons. The van der Waals surface area contributed by atoms with E-state index in [0.29, 0.717) is 17.8 Å². The molecule has 3 rings (SSSR count). The molecule has 0 bridgehead atoms. The second-order valence-electron chi connectivity index (χ2n) is 3.85. The molecule has 17 heavy (non-hydrogen) atoms. The fraction of sp³-hybridized carbons (Fsp3) is 0.300. The van der Waals surface area contributed by atoms with Gasteiger partial charge in [0.1, 0.15) is 18.2 Å². The fourth-order valence-corrected chi connectivity index (χ4v) is 1.87. The molecular weight excluding hydrogens is 224 g/mol. The molecule has 2 N–H and O–H groups in total. The van der Waals surface area contributed by atoms with Crippen LogP contribution < -0.4 is 5.56 Å². The zero-order valence-corrected chi connectivity index (χ0v) is 8.83. The second kappa shape index (κ2) is 3.42. The summed E-state index contributed by atoms with van der Waals surface area (Å²) >= 11 is 0. The first kappa shape index (κ1) is 10.0. The first-order chi connectivity index (χ1) is 8.16. The molecule has 2 atom stereocenters. The Bertz CT molecular complexity index is 644. The van der Waals surface area contributed by atoms with Gasteiger partial charge in [-0.15, -0.1) is 0 Å². The molecule has 0 aromatic carbocycles. The van der Waals surface area contributed by atoms with Gasteiger partial charge in [-0.1, -0.05) is 6.58 Å². The molecule has 1 aliphatic rings. The minimum absolute atomic E-state index is 0.253. The standard InChI is InChI=1S/C10H10N4O3/c1-5-6(15)2-7(17-5)14-4-13-8-9(14)11-3-12-10(8)16/h3-4,6-7,15H,1-2H2,(H,11,12,16)/t6-,7+/m0/s1. The number of H-pyrrole nitrogens is 1. The van der Waals surface area contributed by atoms with Gasteiger partial charge in [-0.25, -0.2) is 9.97 Å². The Morgan fingerprint density at radius 1 is 1.59 bits per heavy atom. The van der Waals surface area contributed by atoms with Gasteiger partial charge in [0.25, 0.3) is 5.56 Å². The van der Waals surface area contributed by atoms with Crippen LogP contribution in [0, 0.1) is 0 Å². The van der Waals surface area contributed by atoms with E-state index in [1.807, 2.05) is 0 Å². The summed E-state index contributed by atoms with van der Waals surface area (Å²) in [5.41, 5.74) is 0.384. The Morgan fingerprint density at radius 2 is 2.41 bits per heavy atom. The smallest absolute Gasteiger partial charge is 0.278 e. The number of hydrogen-bond donors (Lipinski definition) is 2. The lowest BCUT2D eigenvalue weighted by molar-refractivity contribution is 0.101. The Balaban J connectivity index is 2.10. The van der Waals surface area contributed by atoms with E-state index in [1.54, 1.807) is 4.57 Å². The maximum absolute atomic E-state index is 11.5. The lowest BCUT2D eigenvalue weighted by Crippen LogP contribution is -2.10. The highest BCUT2D eigenvalue weighted by atomic mass is 16.5. The number of aliphatic hydroxyl groups excluding tert-OH is 1. The summed E-state index contributed by atoms with van der Waals surface area (Å²) < 4.78 is 7.01. The number of nitrogens with one attached hydrogen (secondary N) is 1. The molecule has 2 aromatic rings. The van der Waals surface area contributed by atoms with Crippen LogP contribution in [0.4, 0.5) is 0 Å². The third-order valence-corrected chi connectivity index (χ3v) is 2.76. The number of aromatic nitrogens is 4. The highest BCUT2D eigenvalue weighted by molar-refractivity contribution is 5.68. The second-order valence-corrected chi connectivity index (χ2v) is 3.85. The molecule has 1 fully saturated rings. The zero-order chi connectivity index (χ0) is 12.0. The molecule has 0 amide bonds. The van der Waals surface area contributed by atoms with Crippen molar-refractivity contribution in [2.45, 2.75) is 18.8 Å². The van der Waals surface area contributed by atoms with Gasteiger partial charge >= 0.3 is 0 Å². The van der Waals surface area contributed by atoms with Crippen molar-refractivity contribution >= 4 is 11.2 Å². The number of aliphatic hydroxyl groups is 1. The Morgan fingerprint density at radius 3 is 3.12 bits per heavy atom. The number of ether oxygens (including phenoxy) is 1. The molecule has 0 aliphatic carbocycles. The highest BCUT2D eigenvalue weighted by Crippen LogP contribution is 2.31. The van der Waals surface area contributed by atoms with Crippen molar-refractivity contribution in [3.05, 3.63) is 35.3 Å². The Labute approximate surface area is 95.4 Å². The predicted octanol–water partition coefficient (Wildman–Crippen LogP) is -0.0869. The Kier molecular flexibility index (Phi) is 2.02. The van der Waals surface area contributed by atoms with Crippen molar-refractivity contribution in [3.8, 4) is 0 Å². The van der Waals surface area contributed by atoms with Crippen molar-refractivity contribution in [2.75, 3.05) is 0 Å². The highest BCUT2D eigenvalue weighted by Gasteiger charge is 2.30. The molecule has 7 heteroatoms. The summed E-state index contributed by atoms with van der Waals surface area (Å²) in [6.07, 6.45) is 2.04. The summed E-state index contributed by atoms with van der Waals surface area (Å²) in [6, 6.07) is 0. The lowest BCUT2D eigenvalue weighted by atomic mass is 10.2. The van der Waals surface area contributed by atoms with Crippen molar-refractivity contribution < 1.29 is 9.84 Å². The van der Waals surface area contributed by atoms with E-state index < -0.39 is 12.3 Å². The summed E-state index contributed by atoms with van der Waals surface area (Å²) in [5.74, 6) is 0.321. The van der Waals surface area contributed by atoms with Crippen molar-refractivity contribution in [1.29, 1.82) is 0 Å². The molecule has 1 saturated heterocycles. The number of nitrogens with zero attached hydrogens (tertiary/aromatic N) is 3. The molecular formula is C10H10N4O3. The SMILES string of the molecule is C=C1O[C@@H](n2cnc3c(=O)[nH]cnc32)C[C@@H]1O. The van der Waals surface area contributed by atoms with Crippen LogP contribution in [0.5, 0.6) is 0 Å². The minimum Gasteiger partial charge on any atom is -0.472 e. The number of hydrogen-bond acceptors (Lipinski definition) is 5. The molecule has 0 unspecified atom stereocenters. The third-order valence-electron chi connectivity index (χ3n) is 2.76. The average Bonchev–Trinajstić information content (AvgIpc) is 2.85. The Hall–Kier alpha value is -2.15. The number of fused-ring (bicyclic) bond motifs is 1. The van der Waals surface area contributed by atoms with Gasteiger partial charge < -0.3 is 14.8 Å². The average molecular weight is 234 g/mol. The van der Waals surface area contributed by atoms with Gasteiger partial charge in [0, 0.05) is 6.42 Å². The van der Waals surface area contributed by atoms with Crippen molar-refractivity contribution in [2.24, 2.45) is 0 Å². The lowest BCUT2D eigenvalue weighted by Gasteiger charge is -2.11. The van der Waals surface area contributed by atoms with Crippen molar-refractivity contribution in [1.82, 2.24) is 19.5 Å². The van der Waals surface area contributed by atoms with Gasteiger partial charge in [0.15, 0.2) is 17.4 Å². The summed E-state index contributed by atoms with van der Waals surface area (Å²) in [7, 11) is 0. The third kappa shape index (κ3) is 1.43. The monoisotopic (exact) mass is 234 g/mol. The fourth-order valence-electron chi connectivity index (χ4n) is 1.87. The van der Waals surface area contributed by atoms with E-state index in [9.17, 15) is 9.90 Å².